The fourth-order valence-corrected chi connectivity index (χ4v) is 3.59. The Labute approximate surface area is 170 Å². The molecule has 7 nitrogen and oxygen atoms in total. The number of nitrogens with zero attached hydrogens (tertiary/aromatic N) is 2. The van der Waals surface area contributed by atoms with Crippen molar-refractivity contribution in [3.8, 4) is 11.5 Å². The van der Waals surface area contributed by atoms with E-state index in [1.165, 1.54) is 14.2 Å². The van der Waals surface area contributed by atoms with Gasteiger partial charge in [-0.2, -0.15) is 0 Å². The number of nitrogens with one attached hydrogen (secondary N) is 2. The van der Waals surface area contributed by atoms with Crippen LogP contribution in [0.1, 0.15) is 41.2 Å². The Bertz CT molecular complexity index is 809. The van der Waals surface area contributed by atoms with Crippen molar-refractivity contribution in [2.75, 3.05) is 20.8 Å². The summed E-state index contributed by atoms with van der Waals surface area (Å²) in [7, 11) is 3.02. The zero-order valence-corrected chi connectivity index (χ0v) is 16.8. The van der Waals surface area contributed by atoms with Gasteiger partial charge in [0.2, 0.25) is 0 Å². The molecule has 1 aliphatic heterocycles. The third kappa shape index (κ3) is 4.58. The minimum absolute atomic E-state index is 0.151. The van der Waals surface area contributed by atoms with Crippen molar-refractivity contribution in [1.82, 2.24) is 20.7 Å². The lowest BCUT2D eigenvalue weighted by molar-refractivity contribution is 0.0952. The number of thiocarbonyl (C=S) groups is 1. The highest BCUT2D eigenvalue weighted by Crippen LogP contribution is 2.29. The molecule has 0 aliphatic carbocycles. The molecule has 0 unspecified atom stereocenters. The Morgan fingerprint density at radius 3 is 2.57 bits per heavy atom. The molecular weight excluding hydrogens is 376 g/mol. The van der Waals surface area contributed by atoms with Crippen molar-refractivity contribution in [3.05, 3.63) is 53.9 Å². The summed E-state index contributed by atoms with van der Waals surface area (Å²) in [6.45, 7) is 0.827. The molecule has 148 valence electrons. The highest BCUT2D eigenvalue weighted by Gasteiger charge is 2.26. The average molecular weight is 401 g/mol. The lowest BCUT2D eigenvalue weighted by atomic mass is 9.98. The third-order valence-electron chi connectivity index (χ3n) is 4.70. The van der Waals surface area contributed by atoms with Crippen LogP contribution < -0.4 is 20.2 Å². The van der Waals surface area contributed by atoms with Crippen LogP contribution in [0.15, 0.2) is 42.7 Å². The number of hydrazine groups is 1. The molecule has 1 aromatic carbocycles. The zero-order chi connectivity index (χ0) is 19.9. The van der Waals surface area contributed by atoms with Gasteiger partial charge in [0.15, 0.2) is 5.11 Å². The third-order valence-corrected chi connectivity index (χ3v) is 4.89. The summed E-state index contributed by atoms with van der Waals surface area (Å²) in [5.74, 6) is 0.457. The highest BCUT2D eigenvalue weighted by molar-refractivity contribution is 7.80. The average Bonchev–Trinajstić information content (AvgIpc) is 2.73. The van der Waals surface area contributed by atoms with Gasteiger partial charge in [0.1, 0.15) is 17.1 Å². The molecule has 1 saturated heterocycles. The van der Waals surface area contributed by atoms with Crippen LogP contribution in [0, 0.1) is 0 Å². The summed E-state index contributed by atoms with van der Waals surface area (Å²) < 4.78 is 10.6. The van der Waals surface area contributed by atoms with E-state index in [0.29, 0.717) is 17.1 Å². The first kappa shape index (κ1) is 20.0. The second-order valence-electron chi connectivity index (χ2n) is 6.42. The number of ether oxygens (including phenoxy) is 2. The first-order valence-corrected chi connectivity index (χ1v) is 9.54. The number of methoxy groups -OCH3 is 2. The number of aromatic nitrogens is 1. The van der Waals surface area contributed by atoms with Crippen molar-refractivity contribution < 1.29 is 14.3 Å². The standard InChI is InChI=1S/C20H24N4O3S/c1-26-16-9-5-10-17(27-2)18(16)19(25)22-20(28)23-24-12-4-3-8-15(24)14-7-6-11-21-13-14/h5-7,9-11,13,15H,3-4,8,12H2,1-2H3,(H2,22,23,25,28)/t15-/m0/s1. The molecule has 0 saturated carbocycles. The van der Waals surface area contributed by atoms with E-state index in [1.54, 1.807) is 24.4 Å². The summed E-state index contributed by atoms with van der Waals surface area (Å²) in [6.07, 6.45) is 6.81. The molecule has 0 spiro atoms. The predicted molar refractivity (Wildman–Crippen MR) is 110 cm³/mol. The molecule has 1 amide bonds. The molecule has 1 aromatic heterocycles. The largest absolute Gasteiger partial charge is 0.496 e. The van der Waals surface area contributed by atoms with Crippen LogP contribution in [0.2, 0.25) is 0 Å². The fraction of sp³-hybridized carbons (Fsp3) is 0.350. The fourth-order valence-electron chi connectivity index (χ4n) is 3.38. The molecule has 1 fully saturated rings. The molecule has 0 bridgehead atoms. The molecule has 8 heteroatoms. The van der Waals surface area contributed by atoms with Crippen molar-refractivity contribution in [3.63, 3.8) is 0 Å². The smallest absolute Gasteiger partial charge is 0.265 e. The molecular formula is C20H24N4O3S. The first-order valence-electron chi connectivity index (χ1n) is 9.13. The lowest BCUT2D eigenvalue weighted by Crippen LogP contribution is -2.51. The molecule has 28 heavy (non-hydrogen) atoms. The maximum atomic E-state index is 12.8. The van der Waals surface area contributed by atoms with Crippen LogP contribution in [-0.4, -0.2) is 41.8 Å². The van der Waals surface area contributed by atoms with Gasteiger partial charge in [-0.1, -0.05) is 18.6 Å². The van der Waals surface area contributed by atoms with E-state index in [4.69, 9.17) is 21.7 Å². The van der Waals surface area contributed by atoms with Crippen LogP contribution in [0.25, 0.3) is 0 Å². The van der Waals surface area contributed by atoms with Crippen LogP contribution in [0.4, 0.5) is 0 Å². The maximum Gasteiger partial charge on any atom is 0.265 e. The van der Waals surface area contributed by atoms with Crippen LogP contribution in [-0.2, 0) is 0 Å². The second-order valence-corrected chi connectivity index (χ2v) is 6.83. The van der Waals surface area contributed by atoms with Crippen LogP contribution in [0.5, 0.6) is 11.5 Å². The Morgan fingerprint density at radius 1 is 1.18 bits per heavy atom. The molecule has 2 heterocycles. The van der Waals surface area contributed by atoms with Gasteiger partial charge in [0, 0.05) is 18.9 Å². The van der Waals surface area contributed by atoms with Crippen molar-refractivity contribution in [2.24, 2.45) is 0 Å². The topological polar surface area (TPSA) is 75.7 Å². The maximum absolute atomic E-state index is 12.8. The van der Waals surface area contributed by atoms with Gasteiger partial charge in [0.25, 0.3) is 5.91 Å². The number of carbonyl (C=O) groups excluding carboxylic acids is 1. The van der Waals surface area contributed by atoms with E-state index >= 15 is 0 Å². The number of hydrogen-bond acceptors (Lipinski definition) is 6. The molecule has 1 aliphatic rings. The summed E-state index contributed by atoms with van der Waals surface area (Å²) in [4.78, 5) is 17.0. The monoisotopic (exact) mass is 400 g/mol. The van der Waals surface area contributed by atoms with E-state index in [0.717, 1.165) is 31.4 Å². The number of benzene rings is 1. The van der Waals surface area contributed by atoms with E-state index in [2.05, 4.69) is 26.8 Å². The number of piperidine rings is 1. The molecule has 1 atom stereocenters. The molecule has 2 aromatic rings. The molecule has 2 N–H and O–H groups in total. The minimum atomic E-state index is -0.387. The van der Waals surface area contributed by atoms with Gasteiger partial charge in [-0.25, -0.2) is 5.01 Å². The zero-order valence-electron chi connectivity index (χ0n) is 16.0. The minimum Gasteiger partial charge on any atom is -0.496 e. The molecule has 3 rings (SSSR count). The summed E-state index contributed by atoms with van der Waals surface area (Å²) in [5, 5.41) is 5.02. The number of rotatable bonds is 5. The lowest BCUT2D eigenvalue weighted by Gasteiger charge is -2.36. The highest BCUT2D eigenvalue weighted by atomic mass is 32.1. The number of amides is 1. The normalized spacial score (nSPS) is 16.9. The summed E-state index contributed by atoms with van der Waals surface area (Å²) in [5.41, 5.74) is 4.59. The van der Waals surface area contributed by atoms with E-state index in [9.17, 15) is 4.79 Å². The SMILES string of the molecule is COc1cccc(OC)c1C(=O)NC(=S)NN1CCCC[C@H]1c1cccnc1. The van der Waals surface area contributed by atoms with E-state index < -0.39 is 0 Å². The number of carbonyl (C=O) groups is 1. The number of hydrogen-bond donors (Lipinski definition) is 2. The Morgan fingerprint density at radius 2 is 1.93 bits per heavy atom. The van der Waals surface area contributed by atoms with Crippen LogP contribution >= 0.6 is 12.2 Å². The summed E-state index contributed by atoms with van der Waals surface area (Å²) in [6, 6.07) is 9.30. The van der Waals surface area contributed by atoms with Gasteiger partial charge in [0.05, 0.1) is 20.3 Å². The Hall–Kier alpha value is -2.71. The van der Waals surface area contributed by atoms with Gasteiger partial charge in [-0.15, -0.1) is 0 Å². The van der Waals surface area contributed by atoms with E-state index in [1.807, 2.05) is 12.3 Å². The second kappa shape index (κ2) is 9.48. The Kier molecular flexibility index (Phi) is 6.78. The van der Waals surface area contributed by atoms with E-state index in [-0.39, 0.29) is 17.1 Å². The van der Waals surface area contributed by atoms with Gasteiger partial charge in [-0.05, 0) is 48.8 Å². The summed E-state index contributed by atoms with van der Waals surface area (Å²) >= 11 is 5.39. The van der Waals surface area contributed by atoms with Crippen molar-refractivity contribution in [1.29, 1.82) is 0 Å². The quantitative estimate of drug-likeness (QED) is 0.748. The van der Waals surface area contributed by atoms with Gasteiger partial charge < -0.3 is 9.47 Å². The van der Waals surface area contributed by atoms with Crippen LogP contribution in [0.3, 0.4) is 0 Å². The van der Waals surface area contributed by atoms with Gasteiger partial charge in [-0.3, -0.25) is 20.5 Å². The molecule has 0 radical (unpaired) electrons. The van der Waals surface area contributed by atoms with Crippen molar-refractivity contribution >= 4 is 23.2 Å². The first-order chi connectivity index (χ1) is 13.6. The predicted octanol–water partition coefficient (Wildman–Crippen LogP) is 2.85. The van der Waals surface area contributed by atoms with Gasteiger partial charge >= 0.3 is 0 Å². The Balaban J connectivity index is 1.70. The van der Waals surface area contributed by atoms with Crippen molar-refractivity contribution in [2.45, 2.75) is 25.3 Å². The number of pyridine rings is 1.